The number of nitrogens with zero attached hydrogens (tertiary/aromatic N) is 2. The largest absolute Gasteiger partial charge is 0.397 e. The molecule has 5 heteroatoms. The highest BCUT2D eigenvalue weighted by Crippen LogP contribution is 2.20. The van der Waals surface area contributed by atoms with Crippen molar-refractivity contribution in [2.24, 2.45) is 0 Å². The molecule has 1 rings (SSSR count). The van der Waals surface area contributed by atoms with Crippen LogP contribution >= 0.6 is 0 Å². The fourth-order valence-electron chi connectivity index (χ4n) is 1.02. The van der Waals surface area contributed by atoms with E-state index < -0.39 is 0 Å². The Bertz CT molecular complexity index is 402. The van der Waals surface area contributed by atoms with Crippen LogP contribution in [0.4, 0.5) is 11.5 Å². The average Bonchev–Trinajstić information content (AvgIpc) is 2.04. The molecular formula is C8H9N5. The minimum Gasteiger partial charge on any atom is -0.397 e. The van der Waals surface area contributed by atoms with Crippen molar-refractivity contribution in [3.63, 3.8) is 0 Å². The highest BCUT2D eigenvalue weighted by Gasteiger charge is 2.11. The summed E-state index contributed by atoms with van der Waals surface area (Å²) in [5.74, 6) is 0.184. The predicted octanol–water partition coefficient (Wildman–Crippen LogP) is 0.505. The molecule has 0 aromatic carbocycles. The van der Waals surface area contributed by atoms with Crippen LogP contribution in [0.15, 0.2) is 6.20 Å². The normalized spacial score (nSPS) is 9.23. The maximum absolute atomic E-state index is 8.63. The first-order chi connectivity index (χ1) is 6.07. The molecule has 0 aliphatic rings. The van der Waals surface area contributed by atoms with Gasteiger partial charge >= 0.3 is 0 Å². The van der Waals surface area contributed by atoms with Crippen molar-refractivity contribution in [1.29, 1.82) is 10.7 Å². The van der Waals surface area contributed by atoms with Crippen LogP contribution < -0.4 is 11.5 Å². The fourth-order valence-corrected chi connectivity index (χ4v) is 1.02. The van der Waals surface area contributed by atoms with Crippen molar-refractivity contribution in [2.75, 3.05) is 11.5 Å². The Kier molecular flexibility index (Phi) is 2.15. The number of aromatic nitrogens is 1. The second-order valence-electron chi connectivity index (χ2n) is 2.58. The van der Waals surface area contributed by atoms with Gasteiger partial charge in [-0.15, -0.1) is 0 Å². The Hall–Kier alpha value is -2.09. The minimum absolute atomic E-state index is 0.184. The third kappa shape index (κ3) is 1.42. The Morgan fingerprint density at radius 3 is 2.69 bits per heavy atom. The molecule has 0 unspecified atom stereocenters. The average molecular weight is 175 g/mol. The molecule has 1 aromatic heterocycles. The van der Waals surface area contributed by atoms with Crippen LogP contribution in [0.5, 0.6) is 0 Å². The van der Waals surface area contributed by atoms with Crippen molar-refractivity contribution in [1.82, 2.24) is 4.98 Å². The molecule has 13 heavy (non-hydrogen) atoms. The second-order valence-corrected chi connectivity index (χ2v) is 2.58. The number of rotatable bonds is 1. The zero-order valence-electron chi connectivity index (χ0n) is 7.13. The summed E-state index contributed by atoms with van der Waals surface area (Å²) < 4.78 is 0. The molecule has 5 N–H and O–H groups in total. The van der Waals surface area contributed by atoms with E-state index in [-0.39, 0.29) is 22.8 Å². The van der Waals surface area contributed by atoms with Gasteiger partial charge in [-0.2, -0.15) is 5.26 Å². The highest BCUT2D eigenvalue weighted by atomic mass is 14.8. The Morgan fingerprint density at radius 1 is 1.62 bits per heavy atom. The van der Waals surface area contributed by atoms with Gasteiger partial charge in [0.15, 0.2) is 0 Å². The van der Waals surface area contributed by atoms with Crippen LogP contribution in [0.1, 0.15) is 18.1 Å². The second kappa shape index (κ2) is 3.11. The highest BCUT2D eigenvalue weighted by molar-refractivity contribution is 6.05. The molecule has 0 spiro atoms. The van der Waals surface area contributed by atoms with Crippen LogP contribution in [-0.2, 0) is 0 Å². The smallest absolute Gasteiger partial charge is 0.134 e. The molecule has 5 nitrogen and oxygen atoms in total. The number of nitrogens with two attached hydrogens (primary N) is 2. The first-order valence-electron chi connectivity index (χ1n) is 3.57. The van der Waals surface area contributed by atoms with E-state index in [1.807, 2.05) is 6.07 Å². The number of nitrogen functional groups attached to an aromatic ring is 2. The number of nitriles is 1. The van der Waals surface area contributed by atoms with Gasteiger partial charge in [0.2, 0.25) is 0 Å². The summed E-state index contributed by atoms with van der Waals surface area (Å²) in [6.07, 6.45) is 1.30. The molecule has 0 fully saturated rings. The SMILES string of the molecule is CC(=N)c1c(N)ncc(C#N)c1N. The van der Waals surface area contributed by atoms with E-state index in [1.165, 1.54) is 6.20 Å². The molecule has 0 saturated heterocycles. The molecule has 1 aromatic rings. The van der Waals surface area contributed by atoms with Gasteiger partial charge in [-0.25, -0.2) is 4.98 Å². The number of nitrogens with one attached hydrogen (secondary N) is 1. The van der Waals surface area contributed by atoms with Gasteiger partial charge in [-0.05, 0) is 6.92 Å². The molecule has 0 radical (unpaired) electrons. The lowest BCUT2D eigenvalue weighted by Gasteiger charge is -2.07. The van der Waals surface area contributed by atoms with Crippen molar-refractivity contribution in [3.05, 3.63) is 17.3 Å². The van der Waals surface area contributed by atoms with Crippen LogP contribution in [0.3, 0.4) is 0 Å². The zero-order chi connectivity index (χ0) is 10.0. The summed E-state index contributed by atoms with van der Waals surface area (Å²) in [4.78, 5) is 3.77. The van der Waals surface area contributed by atoms with E-state index in [0.29, 0.717) is 5.56 Å². The topological polar surface area (TPSA) is 113 Å². The molecular weight excluding hydrogens is 166 g/mol. The lowest BCUT2D eigenvalue weighted by molar-refractivity contribution is 1.29. The van der Waals surface area contributed by atoms with Crippen LogP contribution in [0, 0.1) is 16.7 Å². The lowest BCUT2D eigenvalue weighted by Crippen LogP contribution is -2.08. The molecule has 0 aliphatic carbocycles. The zero-order valence-corrected chi connectivity index (χ0v) is 7.13. The molecule has 0 bridgehead atoms. The van der Waals surface area contributed by atoms with Gasteiger partial charge in [0, 0.05) is 11.9 Å². The minimum atomic E-state index is 0.184. The van der Waals surface area contributed by atoms with Gasteiger partial charge in [-0.3, -0.25) is 0 Å². The summed E-state index contributed by atoms with van der Waals surface area (Å²) in [5, 5.41) is 16.0. The van der Waals surface area contributed by atoms with E-state index in [4.69, 9.17) is 22.1 Å². The van der Waals surface area contributed by atoms with Gasteiger partial charge in [-0.1, -0.05) is 0 Å². The summed E-state index contributed by atoms with van der Waals surface area (Å²) in [6, 6.07) is 1.88. The van der Waals surface area contributed by atoms with Gasteiger partial charge in [0.25, 0.3) is 0 Å². The van der Waals surface area contributed by atoms with Crippen LogP contribution in [-0.4, -0.2) is 10.7 Å². The first-order valence-corrected chi connectivity index (χ1v) is 3.57. The number of anilines is 2. The summed E-state index contributed by atoms with van der Waals surface area (Å²) in [6.45, 7) is 1.55. The maximum atomic E-state index is 8.63. The molecule has 0 saturated carbocycles. The van der Waals surface area contributed by atoms with E-state index >= 15 is 0 Å². The van der Waals surface area contributed by atoms with Crippen molar-refractivity contribution in [2.45, 2.75) is 6.92 Å². The molecule has 0 amide bonds. The standard InChI is InChI=1S/C8H9N5/c1-4(10)6-7(11)5(2-9)3-13-8(6)12/h3,10H,1H3,(H4,11,12,13). The molecule has 1 heterocycles. The summed E-state index contributed by atoms with van der Waals surface area (Å²) >= 11 is 0. The van der Waals surface area contributed by atoms with Gasteiger partial charge in [0.05, 0.1) is 16.8 Å². The van der Waals surface area contributed by atoms with Crippen LogP contribution in [0.2, 0.25) is 0 Å². The third-order valence-corrected chi connectivity index (χ3v) is 1.64. The van der Waals surface area contributed by atoms with Crippen molar-refractivity contribution < 1.29 is 0 Å². The third-order valence-electron chi connectivity index (χ3n) is 1.64. The molecule has 0 atom stereocenters. The molecule has 0 aliphatic heterocycles. The lowest BCUT2D eigenvalue weighted by atomic mass is 10.1. The Morgan fingerprint density at radius 2 is 2.23 bits per heavy atom. The quantitative estimate of drug-likeness (QED) is 0.539. The van der Waals surface area contributed by atoms with Gasteiger partial charge < -0.3 is 16.9 Å². The van der Waals surface area contributed by atoms with Gasteiger partial charge in [0.1, 0.15) is 11.9 Å². The van der Waals surface area contributed by atoms with Crippen LogP contribution in [0.25, 0.3) is 0 Å². The number of hydrogen-bond donors (Lipinski definition) is 3. The van der Waals surface area contributed by atoms with E-state index in [1.54, 1.807) is 6.92 Å². The maximum Gasteiger partial charge on any atom is 0.134 e. The first kappa shape index (κ1) is 9.00. The summed E-state index contributed by atoms with van der Waals surface area (Å²) in [7, 11) is 0. The Balaban J connectivity index is 3.50. The summed E-state index contributed by atoms with van der Waals surface area (Å²) in [5.41, 5.74) is 12.1. The van der Waals surface area contributed by atoms with E-state index in [0.717, 1.165) is 0 Å². The number of pyridine rings is 1. The monoisotopic (exact) mass is 175 g/mol. The predicted molar refractivity (Wildman–Crippen MR) is 50.3 cm³/mol. The van der Waals surface area contributed by atoms with Crippen molar-refractivity contribution in [3.8, 4) is 6.07 Å². The molecule has 66 valence electrons. The van der Waals surface area contributed by atoms with E-state index in [9.17, 15) is 0 Å². The van der Waals surface area contributed by atoms with Crippen molar-refractivity contribution >= 4 is 17.2 Å². The Labute approximate surface area is 75.5 Å². The fraction of sp³-hybridized carbons (Fsp3) is 0.125. The number of hydrogen-bond acceptors (Lipinski definition) is 5. The van der Waals surface area contributed by atoms with E-state index in [2.05, 4.69) is 4.98 Å².